The van der Waals surface area contributed by atoms with E-state index in [1.165, 1.54) is 13.0 Å². The van der Waals surface area contributed by atoms with Crippen LogP contribution in [0.1, 0.15) is 36.4 Å². The molecule has 3 atom stereocenters. The second kappa shape index (κ2) is 6.29. The maximum absolute atomic E-state index is 11.3. The average Bonchev–Trinajstić information content (AvgIpc) is 3.11. The molecule has 0 fully saturated rings. The van der Waals surface area contributed by atoms with Crippen molar-refractivity contribution in [2.45, 2.75) is 25.3 Å². The molecule has 6 nitrogen and oxygen atoms in total. The van der Waals surface area contributed by atoms with E-state index in [2.05, 4.69) is 22.8 Å². The van der Waals surface area contributed by atoms with Crippen LogP contribution in [0.15, 0.2) is 54.6 Å². The van der Waals surface area contributed by atoms with E-state index >= 15 is 0 Å². The van der Waals surface area contributed by atoms with Gasteiger partial charge in [0.25, 0.3) is 5.69 Å². The lowest BCUT2D eigenvalue weighted by Gasteiger charge is -2.37. The lowest BCUT2D eigenvalue weighted by atomic mass is 9.77. The van der Waals surface area contributed by atoms with Crippen LogP contribution in [0, 0.1) is 16.0 Å². The Bertz CT molecular complexity index is 922. The van der Waals surface area contributed by atoms with Crippen LogP contribution in [-0.4, -0.2) is 10.8 Å². The predicted molar refractivity (Wildman–Crippen MR) is 100 cm³/mol. The lowest BCUT2D eigenvalue weighted by Crippen LogP contribution is -2.29. The molecule has 26 heavy (non-hydrogen) atoms. The molecular formula is C20H19N3O3. The number of non-ortho nitro benzene ring substituents is 1. The number of nitrogens with zero attached hydrogens (tertiary/aromatic N) is 1. The summed E-state index contributed by atoms with van der Waals surface area (Å²) in [6.45, 7) is 1.49. The summed E-state index contributed by atoms with van der Waals surface area (Å²) in [5.74, 6) is 0.419. The molecule has 4 rings (SSSR count). The molecule has 2 aromatic carbocycles. The highest BCUT2D eigenvalue weighted by Gasteiger charge is 2.38. The Balaban J connectivity index is 1.72. The summed E-state index contributed by atoms with van der Waals surface area (Å²) < 4.78 is 0. The number of amides is 1. The highest BCUT2D eigenvalue weighted by molar-refractivity contribution is 5.89. The third-order valence-corrected chi connectivity index (χ3v) is 5.12. The van der Waals surface area contributed by atoms with Crippen LogP contribution >= 0.6 is 0 Å². The third-order valence-electron chi connectivity index (χ3n) is 5.12. The van der Waals surface area contributed by atoms with Crippen LogP contribution in [0.2, 0.25) is 0 Å². The summed E-state index contributed by atoms with van der Waals surface area (Å²) in [5.41, 5.74) is 3.97. The van der Waals surface area contributed by atoms with Crippen LogP contribution in [0.25, 0.3) is 0 Å². The molecule has 0 spiro atoms. The molecule has 2 aliphatic rings. The smallest absolute Gasteiger partial charge is 0.269 e. The van der Waals surface area contributed by atoms with Crippen LogP contribution < -0.4 is 10.6 Å². The van der Waals surface area contributed by atoms with Crippen molar-refractivity contribution in [1.82, 2.24) is 0 Å². The van der Waals surface area contributed by atoms with Crippen molar-refractivity contribution in [2.75, 3.05) is 10.6 Å². The van der Waals surface area contributed by atoms with E-state index in [0.717, 1.165) is 28.9 Å². The zero-order valence-electron chi connectivity index (χ0n) is 14.3. The van der Waals surface area contributed by atoms with Gasteiger partial charge in [0.05, 0.1) is 11.0 Å². The zero-order valence-corrected chi connectivity index (χ0v) is 14.3. The molecule has 1 aliphatic carbocycles. The number of benzene rings is 2. The largest absolute Gasteiger partial charge is 0.378 e. The Kier molecular flexibility index (Phi) is 3.95. The van der Waals surface area contributed by atoms with Crippen molar-refractivity contribution >= 4 is 23.0 Å². The number of carbonyl (C=O) groups excluding carboxylic acids is 1. The minimum absolute atomic E-state index is 0.00835. The van der Waals surface area contributed by atoms with E-state index in [4.69, 9.17) is 0 Å². The molecule has 0 radical (unpaired) electrons. The van der Waals surface area contributed by atoms with Gasteiger partial charge in [-0.15, -0.1) is 0 Å². The molecule has 132 valence electrons. The summed E-state index contributed by atoms with van der Waals surface area (Å²) in [6.07, 6.45) is 5.28. The number of nitro benzene ring substituents is 1. The number of nitrogens with one attached hydrogen (secondary N) is 2. The molecule has 0 saturated heterocycles. The minimum atomic E-state index is -0.357. The highest BCUT2D eigenvalue weighted by Crippen LogP contribution is 2.50. The number of carbonyl (C=O) groups is 1. The molecule has 0 aromatic heterocycles. The van der Waals surface area contributed by atoms with Crippen molar-refractivity contribution in [3.05, 3.63) is 75.9 Å². The van der Waals surface area contributed by atoms with Crippen LogP contribution in [0.3, 0.4) is 0 Å². The first-order valence-corrected chi connectivity index (χ1v) is 8.62. The molecule has 1 heterocycles. The van der Waals surface area contributed by atoms with Gasteiger partial charge in [0.15, 0.2) is 0 Å². The fourth-order valence-corrected chi connectivity index (χ4v) is 4.04. The fraction of sp³-hybridized carbons (Fsp3) is 0.250. The van der Waals surface area contributed by atoms with E-state index < -0.39 is 0 Å². The molecule has 2 aromatic rings. The number of hydrogen-bond donors (Lipinski definition) is 2. The Labute approximate surface area is 151 Å². The van der Waals surface area contributed by atoms with E-state index in [9.17, 15) is 14.9 Å². The van der Waals surface area contributed by atoms with Gasteiger partial charge in [0.1, 0.15) is 0 Å². The van der Waals surface area contributed by atoms with Crippen molar-refractivity contribution in [3.8, 4) is 0 Å². The van der Waals surface area contributed by atoms with Crippen molar-refractivity contribution in [1.29, 1.82) is 0 Å². The Morgan fingerprint density at radius 1 is 1.27 bits per heavy atom. The average molecular weight is 349 g/mol. The van der Waals surface area contributed by atoms with Crippen molar-refractivity contribution in [2.24, 2.45) is 5.92 Å². The van der Waals surface area contributed by atoms with Gasteiger partial charge < -0.3 is 10.6 Å². The molecule has 1 aliphatic heterocycles. The second-order valence-electron chi connectivity index (χ2n) is 6.81. The fourth-order valence-electron chi connectivity index (χ4n) is 4.04. The summed E-state index contributed by atoms with van der Waals surface area (Å²) in [7, 11) is 0. The van der Waals surface area contributed by atoms with Gasteiger partial charge in [-0.05, 0) is 41.7 Å². The topological polar surface area (TPSA) is 84.3 Å². The Morgan fingerprint density at radius 3 is 2.88 bits per heavy atom. The van der Waals surface area contributed by atoms with E-state index in [0.29, 0.717) is 0 Å². The summed E-state index contributed by atoms with van der Waals surface area (Å²) in [5, 5.41) is 17.5. The molecule has 6 heteroatoms. The number of nitro groups is 1. The summed E-state index contributed by atoms with van der Waals surface area (Å²) >= 11 is 0. The first-order valence-electron chi connectivity index (χ1n) is 8.62. The van der Waals surface area contributed by atoms with Crippen LogP contribution in [0.4, 0.5) is 17.1 Å². The second-order valence-corrected chi connectivity index (χ2v) is 6.81. The van der Waals surface area contributed by atoms with Gasteiger partial charge in [-0.1, -0.05) is 24.3 Å². The van der Waals surface area contributed by atoms with Crippen molar-refractivity contribution in [3.63, 3.8) is 0 Å². The first kappa shape index (κ1) is 16.3. The number of rotatable bonds is 3. The maximum Gasteiger partial charge on any atom is 0.269 e. The molecular weight excluding hydrogens is 330 g/mol. The SMILES string of the molecule is CC(=O)Nc1ccc2c(c1)[C@H]1C=CC[C@@H]1[C@H](c1cccc([N+](=O)[O-])c1)N2. The quantitative estimate of drug-likeness (QED) is 0.489. The van der Waals surface area contributed by atoms with E-state index in [1.807, 2.05) is 24.3 Å². The normalized spacial score (nSPS) is 22.9. The van der Waals surface area contributed by atoms with Gasteiger partial charge in [-0.2, -0.15) is 0 Å². The number of hydrogen-bond acceptors (Lipinski definition) is 4. The standard InChI is InChI=1S/C20H19N3O3/c1-12(24)21-14-8-9-19-18(11-14)16-6-3-7-17(16)20(22-19)13-4-2-5-15(10-13)23(25)26/h2-6,8-11,16-17,20,22H,7H2,1H3,(H,21,24)/t16-,17-,20-/m0/s1. The molecule has 2 N–H and O–H groups in total. The summed E-state index contributed by atoms with van der Waals surface area (Å²) in [4.78, 5) is 22.1. The minimum Gasteiger partial charge on any atom is -0.378 e. The van der Waals surface area contributed by atoms with Crippen molar-refractivity contribution < 1.29 is 9.72 Å². The van der Waals surface area contributed by atoms with Gasteiger partial charge in [-0.25, -0.2) is 0 Å². The highest BCUT2D eigenvalue weighted by atomic mass is 16.6. The number of allylic oxidation sites excluding steroid dienone is 2. The van der Waals surface area contributed by atoms with E-state index in [1.54, 1.807) is 12.1 Å². The zero-order chi connectivity index (χ0) is 18.3. The van der Waals surface area contributed by atoms with Gasteiger partial charge >= 0.3 is 0 Å². The van der Waals surface area contributed by atoms with Gasteiger partial charge in [-0.3, -0.25) is 14.9 Å². The first-order chi connectivity index (χ1) is 12.5. The monoisotopic (exact) mass is 349 g/mol. The molecule has 0 unspecified atom stereocenters. The van der Waals surface area contributed by atoms with Crippen LogP contribution in [0.5, 0.6) is 0 Å². The van der Waals surface area contributed by atoms with Gasteiger partial charge in [0, 0.05) is 36.3 Å². The Hall–Kier alpha value is -3.15. The number of anilines is 2. The molecule has 0 bridgehead atoms. The molecule has 1 amide bonds. The molecule has 0 saturated carbocycles. The third kappa shape index (κ3) is 2.83. The summed E-state index contributed by atoms with van der Waals surface area (Å²) in [6, 6.07) is 12.7. The van der Waals surface area contributed by atoms with E-state index in [-0.39, 0.29) is 34.4 Å². The lowest BCUT2D eigenvalue weighted by molar-refractivity contribution is -0.384. The maximum atomic E-state index is 11.3. The number of fused-ring (bicyclic) bond motifs is 3. The Morgan fingerprint density at radius 2 is 2.12 bits per heavy atom. The van der Waals surface area contributed by atoms with Gasteiger partial charge in [0.2, 0.25) is 5.91 Å². The van der Waals surface area contributed by atoms with Crippen LogP contribution in [-0.2, 0) is 4.79 Å². The predicted octanol–water partition coefficient (Wildman–Crippen LogP) is 4.38.